The van der Waals surface area contributed by atoms with Gasteiger partial charge in [-0.15, -0.1) is 0 Å². The minimum atomic E-state index is -1.60. The lowest BCUT2D eigenvalue weighted by atomic mass is 9.98. The Morgan fingerprint density at radius 1 is 1.08 bits per heavy atom. The maximum absolute atomic E-state index is 11.0. The van der Waals surface area contributed by atoms with E-state index in [9.17, 15) is 30.3 Å². The molecule has 2 fully saturated rings. The summed E-state index contributed by atoms with van der Waals surface area (Å²) >= 11 is 0. The Kier molecular flexibility index (Phi) is 6.47. The number of hydrogen-bond donors (Lipinski definition) is 6. The summed E-state index contributed by atoms with van der Waals surface area (Å²) in [4.78, 5) is 11.0. The smallest absolute Gasteiger partial charge is 0.333 e. The Hall–Kier alpha value is -0.890. The molecule has 0 bridgehead atoms. The van der Waals surface area contributed by atoms with Gasteiger partial charge in [0.15, 0.2) is 18.7 Å². The fraction of sp³-hybridized carbons (Fsp3) is 0.923. The summed E-state index contributed by atoms with van der Waals surface area (Å²) in [5, 5.41) is 58.0. The second-order valence-electron chi connectivity index (χ2n) is 5.67. The van der Waals surface area contributed by atoms with Crippen LogP contribution in [-0.4, -0.2) is 106 Å². The summed E-state index contributed by atoms with van der Waals surface area (Å²) < 4.78 is 20.5. The minimum absolute atomic E-state index is 0.335. The molecule has 24 heavy (non-hydrogen) atoms. The van der Waals surface area contributed by atoms with E-state index >= 15 is 0 Å². The lowest BCUT2D eigenvalue weighted by Crippen LogP contribution is -2.62. The highest BCUT2D eigenvalue weighted by atomic mass is 16.7. The fourth-order valence-corrected chi connectivity index (χ4v) is 2.68. The SMILES string of the molecule is CO[C@@H]1O[C@@H](CO)[C@@H](O[C@@H]2OC(C(=O)O)C[C@H](O)C2O)C(O)C1O. The molecule has 0 radical (unpaired) electrons. The molecule has 4 unspecified atom stereocenters. The van der Waals surface area contributed by atoms with Crippen LogP contribution in [0.5, 0.6) is 0 Å². The van der Waals surface area contributed by atoms with Crippen LogP contribution in [0.4, 0.5) is 0 Å². The molecule has 140 valence electrons. The molecule has 0 aromatic heterocycles. The molecule has 9 atom stereocenters. The van der Waals surface area contributed by atoms with Crippen molar-refractivity contribution >= 4 is 5.97 Å². The predicted molar refractivity (Wildman–Crippen MR) is 72.6 cm³/mol. The fourth-order valence-electron chi connectivity index (χ4n) is 2.68. The van der Waals surface area contributed by atoms with Crippen molar-refractivity contribution in [1.82, 2.24) is 0 Å². The normalized spacial score (nSPS) is 46.7. The molecule has 2 aliphatic heterocycles. The molecule has 2 rings (SSSR count). The average Bonchev–Trinajstić information content (AvgIpc) is 2.55. The first-order valence-electron chi connectivity index (χ1n) is 7.35. The maximum Gasteiger partial charge on any atom is 0.333 e. The van der Waals surface area contributed by atoms with Crippen molar-refractivity contribution in [3.63, 3.8) is 0 Å². The van der Waals surface area contributed by atoms with Gasteiger partial charge in [-0.25, -0.2) is 4.79 Å². The summed E-state index contributed by atoms with van der Waals surface area (Å²) in [6.45, 7) is -0.609. The molecule has 2 aliphatic rings. The van der Waals surface area contributed by atoms with Crippen LogP contribution in [0.15, 0.2) is 0 Å². The van der Waals surface area contributed by atoms with E-state index < -0.39 is 67.9 Å². The van der Waals surface area contributed by atoms with E-state index in [1.807, 2.05) is 0 Å². The zero-order chi connectivity index (χ0) is 18.0. The molecule has 2 saturated heterocycles. The van der Waals surface area contributed by atoms with Crippen LogP contribution in [0.1, 0.15) is 6.42 Å². The van der Waals surface area contributed by atoms with Crippen molar-refractivity contribution in [2.75, 3.05) is 13.7 Å². The molecule has 0 spiro atoms. The highest BCUT2D eigenvalue weighted by molar-refractivity contribution is 5.72. The number of aliphatic hydroxyl groups excluding tert-OH is 5. The minimum Gasteiger partial charge on any atom is -0.479 e. The topological polar surface area (TPSA) is 175 Å². The van der Waals surface area contributed by atoms with Crippen LogP contribution >= 0.6 is 0 Å². The van der Waals surface area contributed by atoms with Crippen LogP contribution in [0.25, 0.3) is 0 Å². The van der Waals surface area contributed by atoms with Crippen molar-refractivity contribution in [2.24, 2.45) is 0 Å². The molecule has 11 heteroatoms. The molecule has 0 saturated carbocycles. The number of carboxylic acids is 1. The van der Waals surface area contributed by atoms with Gasteiger partial charge in [-0.2, -0.15) is 0 Å². The van der Waals surface area contributed by atoms with Crippen LogP contribution < -0.4 is 0 Å². The largest absolute Gasteiger partial charge is 0.479 e. The number of aliphatic hydroxyl groups is 5. The van der Waals surface area contributed by atoms with Crippen LogP contribution in [0, 0.1) is 0 Å². The van der Waals surface area contributed by atoms with E-state index in [-0.39, 0.29) is 6.42 Å². The number of aliphatic carboxylic acids is 1. The molecule has 11 nitrogen and oxygen atoms in total. The first kappa shape index (κ1) is 19.4. The number of carboxylic acid groups (broad SMARTS) is 1. The third kappa shape index (κ3) is 3.85. The summed E-state index contributed by atoms with van der Waals surface area (Å²) in [5.74, 6) is -1.35. The summed E-state index contributed by atoms with van der Waals surface area (Å²) in [5.41, 5.74) is 0. The van der Waals surface area contributed by atoms with E-state index in [4.69, 9.17) is 24.1 Å². The lowest BCUT2D eigenvalue weighted by Gasteiger charge is -2.44. The van der Waals surface area contributed by atoms with Gasteiger partial charge in [-0.3, -0.25) is 0 Å². The molecule has 0 amide bonds. The quantitative estimate of drug-likeness (QED) is 0.287. The average molecular weight is 354 g/mol. The van der Waals surface area contributed by atoms with Crippen LogP contribution in [0.3, 0.4) is 0 Å². The monoisotopic (exact) mass is 354 g/mol. The van der Waals surface area contributed by atoms with Crippen molar-refractivity contribution in [3.8, 4) is 0 Å². The third-order valence-corrected chi connectivity index (χ3v) is 4.05. The number of carbonyl (C=O) groups is 1. The molecular weight excluding hydrogens is 332 g/mol. The maximum atomic E-state index is 11.0. The summed E-state index contributed by atoms with van der Waals surface area (Å²) in [6.07, 6.45) is -13.1. The van der Waals surface area contributed by atoms with Gasteiger partial charge in [0, 0.05) is 13.5 Å². The van der Waals surface area contributed by atoms with Gasteiger partial charge in [0.25, 0.3) is 0 Å². The standard InChI is InChI=1S/C13H22O11/c1-21-12-9(18)8(17)10(6(3-14)23-12)24-13-7(16)4(15)2-5(22-13)11(19)20/h4-10,12-18H,2-3H2,1H3,(H,19,20)/t4-,5?,6-,7?,8?,9?,10+,12+,13-/m0/s1. The molecule has 2 heterocycles. The van der Waals surface area contributed by atoms with Gasteiger partial charge in [0.2, 0.25) is 0 Å². The van der Waals surface area contributed by atoms with Gasteiger partial charge in [0.05, 0.1) is 12.7 Å². The lowest BCUT2D eigenvalue weighted by molar-refractivity contribution is -0.345. The van der Waals surface area contributed by atoms with E-state index in [2.05, 4.69) is 0 Å². The molecule has 6 N–H and O–H groups in total. The highest BCUT2D eigenvalue weighted by Gasteiger charge is 2.49. The summed E-state index contributed by atoms with van der Waals surface area (Å²) in [6, 6.07) is 0. The Balaban J connectivity index is 2.12. The molecule has 0 aromatic rings. The van der Waals surface area contributed by atoms with Gasteiger partial charge in [0.1, 0.15) is 30.5 Å². The van der Waals surface area contributed by atoms with Gasteiger partial charge < -0.3 is 49.6 Å². The van der Waals surface area contributed by atoms with E-state index in [1.54, 1.807) is 0 Å². The number of methoxy groups -OCH3 is 1. The Morgan fingerprint density at radius 3 is 2.29 bits per heavy atom. The predicted octanol–water partition coefficient (Wildman–Crippen LogP) is -3.62. The zero-order valence-electron chi connectivity index (χ0n) is 12.8. The number of rotatable bonds is 5. The van der Waals surface area contributed by atoms with Gasteiger partial charge in [-0.05, 0) is 0 Å². The number of hydrogen-bond acceptors (Lipinski definition) is 10. The van der Waals surface area contributed by atoms with Crippen molar-refractivity contribution in [2.45, 2.75) is 61.7 Å². The second-order valence-corrected chi connectivity index (χ2v) is 5.67. The summed E-state index contributed by atoms with van der Waals surface area (Å²) in [7, 11) is 1.23. The van der Waals surface area contributed by atoms with Crippen molar-refractivity contribution in [1.29, 1.82) is 0 Å². The molecule has 0 aromatic carbocycles. The van der Waals surface area contributed by atoms with E-state index in [0.29, 0.717) is 0 Å². The Bertz CT molecular complexity index is 430. The third-order valence-electron chi connectivity index (χ3n) is 4.05. The molecular formula is C13H22O11. The van der Waals surface area contributed by atoms with E-state index in [1.165, 1.54) is 7.11 Å². The Morgan fingerprint density at radius 2 is 1.75 bits per heavy atom. The zero-order valence-corrected chi connectivity index (χ0v) is 12.8. The second kappa shape index (κ2) is 7.99. The number of ether oxygens (including phenoxy) is 4. The molecule has 0 aliphatic carbocycles. The van der Waals surface area contributed by atoms with E-state index in [0.717, 1.165) is 0 Å². The van der Waals surface area contributed by atoms with Crippen molar-refractivity contribution in [3.05, 3.63) is 0 Å². The van der Waals surface area contributed by atoms with Crippen molar-refractivity contribution < 1.29 is 54.4 Å². The highest BCUT2D eigenvalue weighted by Crippen LogP contribution is 2.29. The first-order valence-corrected chi connectivity index (χ1v) is 7.35. The van der Waals surface area contributed by atoms with Gasteiger partial charge >= 0.3 is 5.97 Å². The van der Waals surface area contributed by atoms with Crippen LogP contribution in [0.2, 0.25) is 0 Å². The van der Waals surface area contributed by atoms with Crippen LogP contribution in [-0.2, 0) is 23.7 Å². The Labute approximate surface area is 136 Å². The van der Waals surface area contributed by atoms with Gasteiger partial charge in [-0.1, -0.05) is 0 Å². The first-order chi connectivity index (χ1) is 11.3.